The molecule has 0 aromatic carbocycles. The summed E-state index contributed by atoms with van der Waals surface area (Å²) in [7, 11) is 0. The maximum atomic E-state index is 5.68. The van der Waals surface area contributed by atoms with E-state index in [1.54, 1.807) is 0 Å². The van der Waals surface area contributed by atoms with Gasteiger partial charge in [0.1, 0.15) is 0 Å². The molecule has 0 saturated carbocycles. The average Bonchev–Trinajstić information content (AvgIpc) is 2.32. The van der Waals surface area contributed by atoms with E-state index in [1.165, 1.54) is 0 Å². The van der Waals surface area contributed by atoms with Gasteiger partial charge in [-0.15, -0.1) is 0 Å². The predicted octanol–water partition coefficient (Wildman–Crippen LogP) is 0.466. The van der Waals surface area contributed by atoms with Crippen LogP contribution in [0.3, 0.4) is 0 Å². The van der Waals surface area contributed by atoms with E-state index in [0.29, 0.717) is 19.2 Å². The molecule has 0 aliphatic carbocycles. The van der Waals surface area contributed by atoms with Gasteiger partial charge in [-0.25, -0.2) is 0 Å². The molecule has 1 aliphatic heterocycles. The van der Waals surface area contributed by atoms with Crippen molar-refractivity contribution in [2.24, 2.45) is 0 Å². The summed E-state index contributed by atoms with van der Waals surface area (Å²) in [6, 6.07) is 0.476. The lowest BCUT2D eigenvalue weighted by Gasteiger charge is -2.36. The zero-order chi connectivity index (χ0) is 13.1. The molecule has 0 radical (unpaired) electrons. The van der Waals surface area contributed by atoms with E-state index < -0.39 is 0 Å². The van der Waals surface area contributed by atoms with E-state index in [4.69, 9.17) is 15.2 Å². The lowest BCUT2D eigenvalue weighted by molar-refractivity contribution is 0.0336. The summed E-state index contributed by atoms with van der Waals surface area (Å²) >= 11 is 0. The van der Waals surface area contributed by atoms with Gasteiger partial charge in [0.15, 0.2) is 0 Å². The number of morpholine rings is 1. The average molecular weight is 253 g/mol. The summed E-state index contributed by atoms with van der Waals surface area (Å²) in [5.74, 6) is 0.725. The van der Waals surface area contributed by atoms with Gasteiger partial charge in [-0.05, 0) is 20.8 Å². The van der Waals surface area contributed by atoms with Gasteiger partial charge < -0.3 is 20.1 Å². The Morgan fingerprint density at radius 1 is 1.39 bits per heavy atom. The van der Waals surface area contributed by atoms with Crippen LogP contribution < -0.4 is 15.4 Å². The van der Waals surface area contributed by atoms with Crippen LogP contribution in [-0.4, -0.2) is 46.9 Å². The Bertz CT molecular complexity index is 414. The molecule has 1 aromatic rings. The highest BCUT2D eigenvalue weighted by atomic mass is 16.5. The van der Waals surface area contributed by atoms with Crippen LogP contribution in [0.25, 0.3) is 0 Å². The Hall–Kier alpha value is -1.63. The molecule has 1 saturated heterocycles. The molecule has 2 heterocycles. The van der Waals surface area contributed by atoms with Crippen LogP contribution in [0.2, 0.25) is 0 Å². The number of ether oxygens (including phenoxy) is 2. The van der Waals surface area contributed by atoms with Gasteiger partial charge in [0.2, 0.25) is 11.9 Å². The monoisotopic (exact) mass is 253 g/mol. The molecular weight excluding hydrogens is 234 g/mol. The lowest BCUT2D eigenvalue weighted by atomic mass is 10.2. The lowest BCUT2D eigenvalue weighted by Crippen LogP contribution is -2.48. The molecule has 2 atom stereocenters. The summed E-state index contributed by atoms with van der Waals surface area (Å²) in [5.41, 5.74) is 5.68. The number of hydrogen-bond donors (Lipinski definition) is 1. The zero-order valence-electron chi connectivity index (χ0n) is 11.0. The van der Waals surface area contributed by atoms with Crippen molar-refractivity contribution in [1.29, 1.82) is 0 Å². The minimum absolute atomic E-state index is 0.148. The van der Waals surface area contributed by atoms with Gasteiger partial charge in [0.05, 0.1) is 25.4 Å². The highest BCUT2D eigenvalue weighted by molar-refractivity contribution is 5.37. The number of nitrogen functional groups attached to an aromatic ring is 1. The minimum atomic E-state index is 0.148. The molecule has 1 fully saturated rings. The van der Waals surface area contributed by atoms with E-state index in [0.717, 1.165) is 6.54 Å². The molecule has 1 aromatic heterocycles. The third kappa shape index (κ3) is 2.79. The second-order valence-electron chi connectivity index (χ2n) is 4.35. The first-order chi connectivity index (χ1) is 8.60. The first kappa shape index (κ1) is 12.8. The van der Waals surface area contributed by atoms with Gasteiger partial charge >= 0.3 is 6.01 Å². The molecule has 0 spiro atoms. The second-order valence-corrected chi connectivity index (χ2v) is 4.35. The van der Waals surface area contributed by atoms with Crippen molar-refractivity contribution in [3.8, 4) is 6.01 Å². The summed E-state index contributed by atoms with van der Waals surface area (Å²) in [4.78, 5) is 14.5. The van der Waals surface area contributed by atoms with Crippen molar-refractivity contribution in [2.45, 2.75) is 32.9 Å². The summed E-state index contributed by atoms with van der Waals surface area (Å²) < 4.78 is 10.9. The topological polar surface area (TPSA) is 86.4 Å². The molecule has 2 rings (SSSR count). The molecule has 0 amide bonds. The van der Waals surface area contributed by atoms with Crippen LogP contribution in [0, 0.1) is 0 Å². The molecule has 0 bridgehead atoms. The normalized spacial score (nSPS) is 24.1. The molecule has 100 valence electrons. The van der Waals surface area contributed by atoms with Crippen molar-refractivity contribution in [3.05, 3.63) is 0 Å². The van der Waals surface area contributed by atoms with Crippen molar-refractivity contribution in [2.75, 3.05) is 30.4 Å². The fourth-order valence-corrected chi connectivity index (χ4v) is 1.87. The minimum Gasteiger partial charge on any atom is -0.464 e. The van der Waals surface area contributed by atoms with E-state index >= 15 is 0 Å². The molecule has 2 unspecified atom stereocenters. The predicted molar refractivity (Wildman–Crippen MR) is 67.6 cm³/mol. The SMILES string of the molecule is CCOc1nc(N)nc(N2CC(C)OCC2C)n1. The molecule has 18 heavy (non-hydrogen) atoms. The third-order valence-electron chi connectivity index (χ3n) is 2.76. The third-order valence-corrected chi connectivity index (χ3v) is 2.76. The highest BCUT2D eigenvalue weighted by Gasteiger charge is 2.26. The Balaban J connectivity index is 2.25. The van der Waals surface area contributed by atoms with E-state index in [2.05, 4.69) is 26.8 Å². The van der Waals surface area contributed by atoms with Gasteiger partial charge in [-0.2, -0.15) is 15.0 Å². The number of anilines is 2. The van der Waals surface area contributed by atoms with Crippen LogP contribution in [0.4, 0.5) is 11.9 Å². The van der Waals surface area contributed by atoms with Gasteiger partial charge in [-0.1, -0.05) is 0 Å². The van der Waals surface area contributed by atoms with Crippen LogP contribution >= 0.6 is 0 Å². The van der Waals surface area contributed by atoms with Gasteiger partial charge in [0, 0.05) is 6.54 Å². The first-order valence-electron chi connectivity index (χ1n) is 6.12. The van der Waals surface area contributed by atoms with Crippen molar-refractivity contribution >= 4 is 11.9 Å². The quantitative estimate of drug-likeness (QED) is 0.837. The molecule has 2 N–H and O–H groups in total. The maximum Gasteiger partial charge on any atom is 0.323 e. The Kier molecular flexibility index (Phi) is 3.81. The van der Waals surface area contributed by atoms with Crippen LogP contribution in [0.1, 0.15) is 20.8 Å². The summed E-state index contributed by atoms with van der Waals surface area (Å²) in [6.07, 6.45) is 0.148. The largest absolute Gasteiger partial charge is 0.464 e. The van der Waals surface area contributed by atoms with Crippen LogP contribution in [0.15, 0.2) is 0 Å². The van der Waals surface area contributed by atoms with E-state index in [1.807, 2.05) is 13.8 Å². The van der Waals surface area contributed by atoms with Gasteiger partial charge in [-0.3, -0.25) is 0 Å². The Morgan fingerprint density at radius 3 is 2.89 bits per heavy atom. The molecule has 7 heteroatoms. The zero-order valence-corrected chi connectivity index (χ0v) is 11.0. The summed E-state index contributed by atoms with van der Waals surface area (Å²) in [6.45, 7) is 7.84. The Morgan fingerprint density at radius 2 is 2.17 bits per heavy atom. The highest BCUT2D eigenvalue weighted by Crippen LogP contribution is 2.20. The number of nitrogens with zero attached hydrogens (tertiary/aromatic N) is 4. The van der Waals surface area contributed by atoms with Gasteiger partial charge in [0.25, 0.3) is 0 Å². The Labute approximate surface area is 106 Å². The maximum absolute atomic E-state index is 5.68. The fraction of sp³-hybridized carbons (Fsp3) is 0.727. The molecule has 1 aliphatic rings. The number of aromatic nitrogens is 3. The van der Waals surface area contributed by atoms with Crippen LogP contribution in [-0.2, 0) is 4.74 Å². The number of rotatable bonds is 3. The number of nitrogens with two attached hydrogens (primary N) is 1. The second kappa shape index (κ2) is 5.34. The van der Waals surface area contributed by atoms with Crippen molar-refractivity contribution in [3.63, 3.8) is 0 Å². The first-order valence-corrected chi connectivity index (χ1v) is 6.12. The van der Waals surface area contributed by atoms with E-state index in [-0.39, 0.29) is 24.1 Å². The van der Waals surface area contributed by atoms with Crippen LogP contribution in [0.5, 0.6) is 6.01 Å². The standard InChI is InChI=1S/C11H19N5O2/c1-4-17-11-14-9(12)13-10(15-11)16-5-8(3)18-6-7(16)2/h7-8H,4-6H2,1-3H3,(H2,12,13,14,15). The number of hydrogen-bond acceptors (Lipinski definition) is 7. The van der Waals surface area contributed by atoms with E-state index in [9.17, 15) is 0 Å². The fourth-order valence-electron chi connectivity index (χ4n) is 1.87. The van der Waals surface area contributed by atoms with Crippen molar-refractivity contribution < 1.29 is 9.47 Å². The van der Waals surface area contributed by atoms with Crippen molar-refractivity contribution in [1.82, 2.24) is 15.0 Å². The molecule has 7 nitrogen and oxygen atoms in total. The molecular formula is C11H19N5O2. The smallest absolute Gasteiger partial charge is 0.323 e. The summed E-state index contributed by atoms with van der Waals surface area (Å²) in [5, 5.41) is 0.